The van der Waals surface area contributed by atoms with Gasteiger partial charge in [0.1, 0.15) is 11.6 Å². The predicted molar refractivity (Wildman–Crippen MR) is 131 cm³/mol. The number of carboxylic acids is 1. The van der Waals surface area contributed by atoms with Crippen molar-refractivity contribution in [2.75, 3.05) is 5.32 Å². The Morgan fingerprint density at radius 3 is 2.29 bits per heavy atom. The molecule has 0 radical (unpaired) electrons. The van der Waals surface area contributed by atoms with Crippen LogP contribution in [0.1, 0.15) is 21.5 Å². The van der Waals surface area contributed by atoms with Gasteiger partial charge in [-0.05, 0) is 55.5 Å². The molecule has 0 aliphatic heterocycles. The Bertz CT molecular complexity index is 1630. The van der Waals surface area contributed by atoms with E-state index in [9.17, 15) is 23.3 Å². The minimum absolute atomic E-state index is 0.0571. The van der Waals surface area contributed by atoms with E-state index in [0.717, 1.165) is 9.54 Å². The summed E-state index contributed by atoms with van der Waals surface area (Å²) >= 11 is 0. The summed E-state index contributed by atoms with van der Waals surface area (Å²) in [4.78, 5) is 23.8. The van der Waals surface area contributed by atoms with Crippen LogP contribution in [-0.2, 0) is 14.8 Å². The molecule has 2 N–H and O–H groups in total. The van der Waals surface area contributed by atoms with Crippen LogP contribution >= 0.6 is 0 Å². The maximum Gasteiger partial charge on any atom is 0.335 e. The largest absolute Gasteiger partial charge is 0.478 e. The summed E-state index contributed by atoms with van der Waals surface area (Å²) in [6, 6.07) is 20.6. The van der Waals surface area contributed by atoms with Crippen LogP contribution in [0.4, 0.5) is 5.69 Å². The lowest BCUT2D eigenvalue weighted by atomic mass is 10.1. The number of fused-ring (bicyclic) bond motifs is 1. The molecular weight excluding hydrogens is 466 g/mol. The molecule has 0 aliphatic carbocycles. The van der Waals surface area contributed by atoms with Gasteiger partial charge in [0.05, 0.1) is 16.0 Å². The molecule has 1 aromatic heterocycles. The number of carbonyl (C=O) groups excluding carboxylic acids is 1. The summed E-state index contributed by atoms with van der Waals surface area (Å²) in [6.45, 7) is 1.86. The van der Waals surface area contributed by atoms with Crippen molar-refractivity contribution in [1.82, 2.24) is 3.97 Å². The van der Waals surface area contributed by atoms with E-state index in [1.54, 1.807) is 36.4 Å². The highest BCUT2D eigenvalue weighted by Crippen LogP contribution is 2.28. The Morgan fingerprint density at radius 2 is 1.66 bits per heavy atom. The highest BCUT2D eigenvalue weighted by atomic mass is 32.2. The molecular formula is C26H19N3O5S. The second kappa shape index (κ2) is 9.29. The number of aryl methyl sites for hydroxylation is 1. The SMILES string of the molecule is Cc1ccc(S(=O)(=O)n2cc(C=C(C#N)C(=O)Nc3ccc(C(=O)O)cc3)c3ccccc32)cc1. The number of hydrogen-bond acceptors (Lipinski definition) is 5. The standard InChI is InChI=1S/C26H19N3O5S/c1-17-6-12-22(13-7-17)35(33,34)29-16-20(23-4-2-3-5-24(23)29)14-19(15-27)25(30)28-21-10-8-18(9-11-21)26(31)32/h2-14,16H,1H3,(H,28,30)(H,31,32). The lowest BCUT2D eigenvalue weighted by Crippen LogP contribution is -2.13. The van der Waals surface area contributed by atoms with Crippen molar-refractivity contribution in [3.8, 4) is 6.07 Å². The molecule has 0 atom stereocenters. The van der Waals surface area contributed by atoms with E-state index in [1.165, 1.54) is 48.7 Å². The lowest BCUT2D eigenvalue weighted by Gasteiger charge is -2.07. The molecule has 0 saturated carbocycles. The van der Waals surface area contributed by atoms with Gasteiger partial charge in [0.15, 0.2) is 0 Å². The van der Waals surface area contributed by atoms with Gasteiger partial charge in [-0.15, -0.1) is 0 Å². The molecule has 3 aromatic carbocycles. The average molecular weight is 486 g/mol. The monoisotopic (exact) mass is 485 g/mol. The van der Waals surface area contributed by atoms with Crippen LogP contribution in [0.3, 0.4) is 0 Å². The number of nitriles is 1. The molecule has 1 amide bonds. The van der Waals surface area contributed by atoms with Crippen LogP contribution in [-0.4, -0.2) is 29.4 Å². The summed E-state index contributed by atoms with van der Waals surface area (Å²) < 4.78 is 27.8. The van der Waals surface area contributed by atoms with Crippen molar-refractivity contribution in [1.29, 1.82) is 5.26 Å². The number of carbonyl (C=O) groups is 2. The van der Waals surface area contributed by atoms with E-state index in [0.29, 0.717) is 22.2 Å². The number of para-hydroxylation sites is 1. The molecule has 0 unspecified atom stereocenters. The Morgan fingerprint density at radius 1 is 1.00 bits per heavy atom. The number of aromatic carboxylic acids is 1. The van der Waals surface area contributed by atoms with E-state index in [4.69, 9.17) is 5.11 Å². The fraction of sp³-hybridized carbons (Fsp3) is 0.0385. The molecule has 0 bridgehead atoms. The molecule has 35 heavy (non-hydrogen) atoms. The van der Waals surface area contributed by atoms with Crippen molar-refractivity contribution in [2.45, 2.75) is 11.8 Å². The van der Waals surface area contributed by atoms with Gasteiger partial charge in [0.25, 0.3) is 15.9 Å². The molecule has 0 spiro atoms. The topological polar surface area (TPSA) is 129 Å². The number of carboxylic acid groups (broad SMARTS) is 1. The lowest BCUT2D eigenvalue weighted by molar-refractivity contribution is -0.112. The Balaban J connectivity index is 1.73. The fourth-order valence-corrected chi connectivity index (χ4v) is 4.89. The Kier molecular flexibility index (Phi) is 6.23. The predicted octanol–water partition coefficient (Wildman–Crippen LogP) is 4.43. The smallest absolute Gasteiger partial charge is 0.335 e. The van der Waals surface area contributed by atoms with Crippen LogP contribution in [0, 0.1) is 18.3 Å². The molecule has 174 valence electrons. The van der Waals surface area contributed by atoms with Gasteiger partial charge < -0.3 is 10.4 Å². The van der Waals surface area contributed by atoms with Gasteiger partial charge in [-0.2, -0.15) is 5.26 Å². The van der Waals surface area contributed by atoms with Crippen molar-refractivity contribution in [2.24, 2.45) is 0 Å². The number of amides is 1. The third-order valence-electron chi connectivity index (χ3n) is 5.34. The van der Waals surface area contributed by atoms with Gasteiger partial charge in [0.2, 0.25) is 0 Å². The van der Waals surface area contributed by atoms with E-state index in [1.807, 2.05) is 13.0 Å². The van der Waals surface area contributed by atoms with Gasteiger partial charge in [-0.25, -0.2) is 17.2 Å². The summed E-state index contributed by atoms with van der Waals surface area (Å²) in [6.07, 6.45) is 2.70. The molecule has 8 nitrogen and oxygen atoms in total. The molecule has 0 aliphatic rings. The zero-order valence-electron chi connectivity index (χ0n) is 18.5. The summed E-state index contributed by atoms with van der Waals surface area (Å²) in [5, 5.41) is 21.7. The molecule has 0 fully saturated rings. The highest BCUT2D eigenvalue weighted by molar-refractivity contribution is 7.90. The average Bonchev–Trinajstić information content (AvgIpc) is 3.22. The summed E-state index contributed by atoms with van der Waals surface area (Å²) in [5.41, 5.74) is 1.83. The first kappa shape index (κ1) is 23.5. The van der Waals surface area contributed by atoms with Crippen LogP contribution < -0.4 is 5.32 Å². The second-order valence-corrected chi connectivity index (χ2v) is 9.54. The second-order valence-electron chi connectivity index (χ2n) is 7.72. The van der Waals surface area contributed by atoms with E-state index in [2.05, 4.69) is 5.32 Å². The number of nitrogens with one attached hydrogen (secondary N) is 1. The number of aromatic nitrogens is 1. The van der Waals surface area contributed by atoms with Crippen LogP contribution in [0.5, 0.6) is 0 Å². The molecule has 4 rings (SSSR count). The number of hydrogen-bond donors (Lipinski definition) is 2. The maximum absolute atomic E-state index is 13.3. The third kappa shape index (κ3) is 4.69. The highest BCUT2D eigenvalue weighted by Gasteiger charge is 2.21. The fourth-order valence-electron chi connectivity index (χ4n) is 3.51. The zero-order valence-corrected chi connectivity index (χ0v) is 19.3. The zero-order chi connectivity index (χ0) is 25.2. The summed E-state index contributed by atoms with van der Waals surface area (Å²) in [7, 11) is -3.93. The van der Waals surface area contributed by atoms with Crippen molar-refractivity contribution >= 4 is 44.6 Å². The molecule has 0 saturated heterocycles. The first-order chi connectivity index (χ1) is 16.7. The van der Waals surface area contributed by atoms with Crippen LogP contribution in [0.2, 0.25) is 0 Å². The number of rotatable bonds is 6. The normalized spacial score (nSPS) is 11.7. The molecule has 9 heteroatoms. The number of benzene rings is 3. The van der Waals surface area contributed by atoms with Gasteiger partial charge >= 0.3 is 5.97 Å². The third-order valence-corrected chi connectivity index (χ3v) is 7.03. The van der Waals surface area contributed by atoms with E-state index in [-0.39, 0.29) is 16.0 Å². The van der Waals surface area contributed by atoms with Crippen molar-refractivity contribution in [3.63, 3.8) is 0 Å². The van der Waals surface area contributed by atoms with E-state index < -0.39 is 21.9 Å². The number of nitrogens with zero attached hydrogens (tertiary/aromatic N) is 2. The van der Waals surface area contributed by atoms with Crippen molar-refractivity contribution in [3.05, 3.63) is 101 Å². The first-order valence-electron chi connectivity index (χ1n) is 10.4. The Hall–Kier alpha value is -4.68. The van der Waals surface area contributed by atoms with Gasteiger partial charge in [-0.1, -0.05) is 35.9 Å². The molecule has 1 heterocycles. The minimum Gasteiger partial charge on any atom is -0.478 e. The van der Waals surface area contributed by atoms with E-state index >= 15 is 0 Å². The Labute approximate surface area is 201 Å². The summed E-state index contributed by atoms with van der Waals surface area (Å²) in [5.74, 6) is -1.81. The van der Waals surface area contributed by atoms with Gasteiger partial charge in [-0.3, -0.25) is 4.79 Å². The molecule has 4 aromatic rings. The van der Waals surface area contributed by atoms with Gasteiger partial charge in [0, 0.05) is 22.8 Å². The van der Waals surface area contributed by atoms with Crippen LogP contribution in [0.25, 0.3) is 17.0 Å². The quantitative estimate of drug-likeness (QED) is 0.307. The van der Waals surface area contributed by atoms with Crippen LogP contribution in [0.15, 0.2) is 89.5 Å². The number of anilines is 1. The maximum atomic E-state index is 13.3. The first-order valence-corrected chi connectivity index (χ1v) is 11.8. The minimum atomic E-state index is -3.93. The van der Waals surface area contributed by atoms with Crippen molar-refractivity contribution < 1.29 is 23.1 Å².